The summed E-state index contributed by atoms with van der Waals surface area (Å²) in [6, 6.07) is 8.73. The number of hydrogen-bond acceptors (Lipinski definition) is 2. The zero-order chi connectivity index (χ0) is 14.1. The van der Waals surface area contributed by atoms with Gasteiger partial charge in [-0.05, 0) is 24.7 Å². The summed E-state index contributed by atoms with van der Waals surface area (Å²) in [6.45, 7) is 6.18. The molecule has 5 heteroatoms. The highest BCUT2D eigenvalue weighted by molar-refractivity contribution is 14.0. The number of guanidine groups is 1. The third-order valence-corrected chi connectivity index (χ3v) is 3.66. The molecule has 1 aromatic carbocycles. The van der Waals surface area contributed by atoms with Crippen molar-refractivity contribution in [3.05, 3.63) is 35.4 Å². The summed E-state index contributed by atoms with van der Waals surface area (Å²) in [5.41, 5.74) is 2.66. The number of nitrogens with zero attached hydrogens (tertiary/aromatic N) is 1. The number of aryl methyl sites for hydroxylation is 1. The molecule has 0 bridgehead atoms. The molecule has 0 aliphatic rings. The highest BCUT2D eigenvalue weighted by Crippen LogP contribution is 2.14. The molecule has 0 amide bonds. The average Bonchev–Trinajstić information content (AvgIpc) is 2.43. The molecule has 20 heavy (non-hydrogen) atoms. The van der Waals surface area contributed by atoms with Crippen LogP contribution < -0.4 is 10.6 Å². The summed E-state index contributed by atoms with van der Waals surface area (Å²) in [7, 11) is 1.81. The van der Waals surface area contributed by atoms with E-state index in [9.17, 15) is 0 Å². The molecule has 1 atom stereocenters. The maximum atomic E-state index is 4.22. The molecule has 2 N–H and O–H groups in total. The second-order valence-corrected chi connectivity index (χ2v) is 5.67. The third kappa shape index (κ3) is 7.38. The van der Waals surface area contributed by atoms with Crippen LogP contribution in [0.15, 0.2) is 29.3 Å². The standard InChI is InChI=1S/C15H25N3S.HI/c1-12-5-7-14(8-6-12)13(2)11-18-15(16-3)17-9-10-19-4;/h5-8,13H,9-11H2,1-4H3,(H2,16,17,18);1H. The van der Waals surface area contributed by atoms with Gasteiger partial charge in [0.15, 0.2) is 5.96 Å². The molecular formula is C15H26IN3S. The molecule has 0 aromatic heterocycles. The summed E-state index contributed by atoms with van der Waals surface area (Å²) in [4.78, 5) is 4.22. The van der Waals surface area contributed by atoms with Crippen molar-refractivity contribution >= 4 is 41.7 Å². The predicted octanol–water partition coefficient (Wildman–Crippen LogP) is 3.24. The first-order valence-electron chi connectivity index (χ1n) is 6.67. The first-order chi connectivity index (χ1) is 9.17. The van der Waals surface area contributed by atoms with Gasteiger partial charge in [-0.2, -0.15) is 11.8 Å². The lowest BCUT2D eigenvalue weighted by atomic mass is 10.0. The van der Waals surface area contributed by atoms with Crippen LogP contribution in [0.25, 0.3) is 0 Å². The minimum absolute atomic E-state index is 0. The van der Waals surface area contributed by atoms with Crippen LogP contribution in [0, 0.1) is 6.92 Å². The fourth-order valence-electron chi connectivity index (χ4n) is 1.75. The molecule has 0 heterocycles. The Morgan fingerprint density at radius 2 is 1.90 bits per heavy atom. The van der Waals surface area contributed by atoms with Crippen molar-refractivity contribution in [2.24, 2.45) is 4.99 Å². The molecule has 0 saturated carbocycles. The maximum absolute atomic E-state index is 4.22. The fourth-order valence-corrected chi connectivity index (χ4v) is 2.06. The molecule has 0 spiro atoms. The largest absolute Gasteiger partial charge is 0.356 e. The highest BCUT2D eigenvalue weighted by Gasteiger charge is 2.06. The second kappa shape index (κ2) is 11.3. The van der Waals surface area contributed by atoms with Gasteiger partial charge in [0.05, 0.1) is 0 Å². The predicted molar refractivity (Wildman–Crippen MR) is 103 cm³/mol. The number of nitrogens with one attached hydrogen (secondary N) is 2. The van der Waals surface area contributed by atoms with Gasteiger partial charge in [0.2, 0.25) is 0 Å². The molecule has 1 rings (SSSR count). The normalized spacial score (nSPS) is 12.5. The van der Waals surface area contributed by atoms with E-state index in [-0.39, 0.29) is 24.0 Å². The number of halogens is 1. The number of aliphatic imine (C=N–C) groups is 1. The first-order valence-corrected chi connectivity index (χ1v) is 8.06. The Labute approximate surface area is 144 Å². The van der Waals surface area contributed by atoms with E-state index in [2.05, 4.69) is 60.0 Å². The zero-order valence-corrected chi connectivity index (χ0v) is 15.9. The van der Waals surface area contributed by atoms with Crippen LogP contribution in [0.5, 0.6) is 0 Å². The van der Waals surface area contributed by atoms with Crippen LogP contribution in [0.1, 0.15) is 24.0 Å². The Bertz CT molecular complexity index is 393. The number of thioether (sulfide) groups is 1. The van der Waals surface area contributed by atoms with Crippen molar-refractivity contribution < 1.29 is 0 Å². The molecule has 0 fully saturated rings. The molecular weight excluding hydrogens is 381 g/mol. The van der Waals surface area contributed by atoms with E-state index in [1.165, 1.54) is 11.1 Å². The van der Waals surface area contributed by atoms with Gasteiger partial charge < -0.3 is 10.6 Å². The first kappa shape index (κ1) is 19.6. The Balaban J connectivity index is 0.00000361. The lowest BCUT2D eigenvalue weighted by Gasteiger charge is -2.16. The van der Waals surface area contributed by atoms with Crippen molar-refractivity contribution in [2.45, 2.75) is 19.8 Å². The van der Waals surface area contributed by atoms with Gasteiger partial charge in [-0.3, -0.25) is 4.99 Å². The van der Waals surface area contributed by atoms with E-state index < -0.39 is 0 Å². The molecule has 0 saturated heterocycles. The van der Waals surface area contributed by atoms with Gasteiger partial charge in [-0.1, -0.05) is 36.8 Å². The van der Waals surface area contributed by atoms with Crippen LogP contribution in [0.2, 0.25) is 0 Å². The van der Waals surface area contributed by atoms with Crippen LogP contribution in [-0.2, 0) is 0 Å². The lowest BCUT2D eigenvalue weighted by Crippen LogP contribution is -2.40. The molecule has 1 unspecified atom stereocenters. The molecule has 1 aromatic rings. The van der Waals surface area contributed by atoms with Gasteiger partial charge in [0.25, 0.3) is 0 Å². The van der Waals surface area contributed by atoms with Crippen molar-refractivity contribution in [1.82, 2.24) is 10.6 Å². The van der Waals surface area contributed by atoms with E-state index in [4.69, 9.17) is 0 Å². The topological polar surface area (TPSA) is 36.4 Å². The minimum Gasteiger partial charge on any atom is -0.356 e. The van der Waals surface area contributed by atoms with Crippen molar-refractivity contribution in [3.8, 4) is 0 Å². The summed E-state index contributed by atoms with van der Waals surface area (Å²) in [5, 5.41) is 6.68. The fraction of sp³-hybridized carbons (Fsp3) is 0.533. The monoisotopic (exact) mass is 407 g/mol. The van der Waals surface area contributed by atoms with Crippen LogP contribution in [-0.4, -0.2) is 38.1 Å². The van der Waals surface area contributed by atoms with E-state index in [1.54, 1.807) is 0 Å². The zero-order valence-electron chi connectivity index (χ0n) is 12.8. The second-order valence-electron chi connectivity index (χ2n) is 4.68. The summed E-state index contributed by atoms with van der Waals surface area (Å²) < 4.78 is 0. The van der Waals surface area contributed by atoms with Gasteiger partial charge in [-0.15, -0.1) is 24.0 Å². The minimum atomic E-state index is 0. The third-order valence-electron chi connectivity index (χ3n) is 3.04. The number of hydrogen-bond donors (Lipinski definition) is 2. The lowest BCUT2D eigenvalue weighted by molar-refractivity contribution is 0.703. The van der Waals surface area contributed by atoms with Gasteiger partial charge in [0.1, 0.15) is 0 Å². The molecule has 0 aliphatic heterocycles. The highest BCUT2D eigenvalue weighted by atomic mass is 127. The SMILES string of the molecule is CN=C(NCCSC)NCC(C)c1ccc(C)cc1.I. The van der Waals surface area contributed by atoms with Crippen LogP contribution in [0.4, 0.5) is 0 Å². The van der Waals surface area contributed by atoms with E-state index in [0.717, 1.165) is 24.8 Å². The molecule has 114 valence electrons. The van der Waals surface area contributed by atoms with E-state index in [0.29, 0.717) is 5.92 Å². The van der Waals surface area contributed by atoms with Gasteiger partial charge in [-0.25, -0.2) is 0 Å². The number of benzene rings is 1. The Kier molecular flexibility index (Phi) is 11.0. The summed E-state index contributed by atoms with van der Waals surface area (Å²) >= 11 is 1.83. The van der Waals surface area contributed by atoms with Crippen LogP contribution in [0.3, 0.4) is 0 Å². The summed E-state index contributed by atoms with van der Waals surface area (Å²) in [6.07, 6.45) is 2.11. The molecule has 0 aliphatic carbocycles. The smallest absolute Gasteiger partial charge is 0.191 e. The number of rotatable bonds is 6. The maximum Gasteiger partial charge on any atom is 0.191 e. The van der Waals surface area contributed by atoms with E-state index in [1.807, 2.05) is 18.8 Å². The van der Waals surface area contributed by atoms with Gasteiger partial charge in [0, 0.05) is 25.9 Å². The van der Waals surface area contributed by atoms with Gasteiger partial charge >= 0.3 is 0 Å². The van der Waals surface area contributed by atoms with Crippen molar-refractivity contribution in [2.75, 3.05) is 32.1 Å². The summed E-state index contributed by atoms with van der Waals surface area (Å²) in [5.74, 6) is 2.45. The van der Waals surface area contributed by atoms with E-state index >= 15 is 0 Å². The average molecular weight is 407 g/mol. The Morgan fingerprint density at radius 1 is 1.25 bits per heavy atom. The molecule has 0 radical (unpaired) electrons. The Morgan fingerprint density at radius 3 is 2.45 bits per heavy atom. The Hall–Kier alpha value is -0.430. The molecule has 3 nitrogen and oxygen atoms in total. The quantitative estimate of drug-likeness (QED) is 0.329. The van der Waals surface area contributed by atoms with Crippen molar-refractivity contribution in [3.63, 3.8) is 0 Å². The van der Waals surface area contributed by atoms with Crippen LogP contribution >= 0.6 is 35.7 Å². The van der Waals surface area contributed by atoms with Crippen molar-refractivity contribution in [1.29, 1.82) is 0 Å².